The van der Waals surface area contributed by atoms with Gasteiger partial charge in [0.15, 0.2) is 0 Å². The van der Waals surface area contributed by atoms with Gasteiger partial charge in [-0.3, -0.25) is 9.59 Å². The molecule has 1 aromatic carbocycles. The number of aliphatic imine (C=N–C) groups is 1. The Hall–Kier alpha value is -1.97. The van der Waals surface area contributed by atoms with Crippen LogP contribution in [-0.4, -0.2) is 18.0 Å². The van der Waals surface area contributed by atoms with Gasteiger partial charge in [-0.2, -0.15) is 0 Å². The summed E-state index contributed by atoms with van der Waals surface area (Å²) in [5, 5.41) is 0. The number of carbonyl (C=O) groups is 2. The summed E-state index contributed by atoms with van der Waals surface area (Å²) >= 11 is 0. The quantitative estimate of drug-likeness (QED) is 0.707. The monoisotopic (exact) mass is 190 g/mol. The zero-order valence-electron chi connectivity index (χ0n) is 7.73. The predicted octanol–water partition coefficient (Wildman–Crippen LogP) is 1.02. The molecule has 0 spiro atoms. The van der Waals surface area contributed by atoms with Crippen LogP contribution < -0.4 is 5.73 Å². The molecule has 0 aliphatic rings. The maximum absolute atomic E-state index is 11.4. The van der Waals surface area contributed by atoms with Crippen molar-refractivity contribution in [2.75, 3.05) is 0 Å². The Labute approximate surface area is 81.4 Å². The van der Waals surface area contributed by atoms with Crippen LogP contribution in [0.25, 0.3) is 0 Å². The van der Waals surface area contributed by atoms with Crippen LogP contribution in [-0.2, 0) is 0 Å². The molecule has 2 N–H and O–H groups in total. The van der Waals surface area contributed by atoms with E-state index in [2.05, 4.69) is 4.99 Å². The van der Waals surface area contributed by atoms with E-state index in [0.717, 1.165) is 0 Å². The van der Waals surface area contributed by atoms with Crippen molar-refractivity contribution >= 4 is 18.0 Å². The molecule has 0 aromatic heterocycles. The van der Waals surface area contributed by atoms with E-state index >= 15 is 0 Å². The number of rotatable bonds is 2. The highest BCUT2D eigenvalue weighted by Crippen LogP contribution is 2.09. The van der Waals surface area contributed by atoms with Crippen LogP contribution in [0.4, 0.5) is 0 Å². The first-order valence-electron chi connectivity index (χ1n) is 4.08. The van der Waals surface area contributed by atoms with Gasteiger partial charge in [-0.05, 0) is 19.1 Å². The molecular weight excluding hydrogens is 180 g/mol. The molecule has 0 atom stereocenters. The molecule has 0 radical (unpaired) electrons. The molecule has 0 aliphatic carbocycles. The summed E-state index contributed by atoms with van der Waals surface area (Å²) in [7, 11) is 0. The SMILES string of the molecule is CC=NC(=O)c1ccccc1C(N)=O. The smallest absolute Gasteiger partial charge is 0.277 e. The van der Waals surface area contributed by atoms with E-state index in [9.17, 15) is 9.59 Å². The van der Waals surface area contributed by atoms with E-state index in [-0.39, 0.29) is 11.1 Å². The molecule has 1 rings (SSSR count). The van der Waals surface area contributed by atoms with Crippen molar-refractivity contribution in [3.05, 3.63) is 35.4 Å². The van der Waals surface area contributed by atoms with Gasteiger partial charge in [0.2, 0.25) is 5.91 Å². The van der Waals surface area contributed by atoms with Crippen molar-refractivity contribution in [1.29, 1.82) is 0 Å². The van der Waals surface area contributed by atoms with Crippen molar-refractivity contribution in [1.82, 2.24) is 0 Å². The summed E-state index contributed by atoms with van der Waals surface area (Å²) in [4.78, 5) is 25.9. The first-order valence-corrected chi connectivity index (χ1v) is 4.08. The fraction of sp³-hybridized carbons (Fsp3) is 0.100. The molecule has 0 aliphatic heterocycles. The van der Waals surface area contributed by atoms with Gasteiger partial charge in [-0.1, -0.05) is 12.1 Å². The molecule has 1 aromatic rings. The van der Waals surface area contributed by atoms with Crippen molar-refractivity contribution in [2.45, 2.75) is 6.92 Å². The van der Waals surface area contributed by atoms with Crippen molar-refractivity contribution in [3.8, 4) is 0 Å². The third-order valence-electron chi connectivity index (χ3n) is 1.67. The Balaban J connectivity index is 3.20. The summed E-state index contributed by atoms with van der Waals surface area (Å²) in [6, 6.07) is 6.33. The lowest BCUT2D eigenvalue weighted by Gasteiger charge is -2.00. The van der Waals surface area contributed by atoms with Gasteiger partial charge < -0.3 is 5.73 Å². The van der Waals surface area contributed by atoms with Gasteiger partial charge in [-0.25, -0.2) is 4.99 Å². The first-order chi connectivity index (χ1) is 6.66. The standard InChI is InChI=1S/C10H10N2O2/c1-2-12-10(14)8-6-4-3-5-7(8)9(11)13/h2-6H,1H3,(H2,11,13). The molecular formula is C10H10N2O2. The van der Waals surface area contributed by atoms with E-state index in [0.29, 0.717) is 0 Å². The van der Waals surface area contributed by atoms with E-state index in [4.69, 9.17) is 5.73 Å². The molecule has 0 fully saturated rings. The highest BCUT2D eigenvalue weighted by atomic mass is 16.2. The van der Waals surface area contributed by atoms with E-state index in [1.165, 1.54) is 18.3 Å². The van der Waals surface area contributed by atoms with Crippen LogP contribution in [0.2, 0.25) is 0 Å². The first kappa shape index (κ1) is 10.1. The zero-order valence-corrected chi connectivity index (χ0v) is 7.73. The van der Waals surface area contributed by atoms with Crippen LogP contribution in [0, 0.1) is 0 Å². The minimum atomic E-state index is -0.625. The summed E-state index contributed by atoms with van der Waals surface area (Å²) in [6.45, 7) is 1.63. The highest BCUT2D eigenvalue weighted by molar-refractivity contribution is 6.08. The Morgan fingerprint density at radius 3 is 2.36 bits per heavy atom. The van der Waals surface area contributed by atoms with Gasteiger partial charge in [0.05, 0.1) is 11.1 Å². The summed E-state index contributed by atoms with van der Waals surface area (Å²) < 4.78 is 0. The van der Waals surface area contributed by atoms with E-state index < -0.39 is 11.8 Å². The summed E-state index contributed by atoms with van der Waals surface area (Å²) in [5.74, 6) is -1.08. The zero-order chi connectivity index (χ0) is 10.6. The highest BCUT2D eigenvalue weighted by Gasteiger charge is 2.12. The van der Waals surface area contributed by atoms with E-state index in [1.807, 2.05) is 0 Å². The lowest BCUT2D eigenvalue weighted by molar-refractivity contribution is 0.0969. The molecule has 0 saturated heterocycles. The number of nitrogens with two attached hydrogens (primary N) is 1. The fourth-order valence-corrected chi connectivity index (χ4v) is 1.07. The Bertz CT molecular complexity index is 397. The Kier molecular flexibility index (Phi) is 3.12. The molecule has 0 unspecified atom stereocenters. The third-order valence-corrected chi connectivity index (χ3v) is 1.67. The number of amides is 2. The van der Waals surface area contributed by atoms with Crippen LogP contribution in [0.5, 0.6) is 0 Å². The molecule has 0 heterocycles. The molecule has 2 amide bonds. The average molecular weight is 190 g/mol. The molecule has 0 saturated carbocycles. The minimum absolute atomic E-state index is 0.197. The van der Waals surface area contributed by atoms with Crippen molar-refractivity contribution in [2.24, 2.45) is 10.7 Å². The topological polar surface area (TPSA) is 72.5 Å². The minimum Gasteiger partial charge on any atom is -0.366 e. The largest absolute Gasteiger partial charge is 0.366 e. The van der Waals surface area contributed by atoms with Crippen LogP contribution in [0.3, 0.4) is 0 Å². The van der Waals surface area contributed by atoms with Crippen molar-refractivity contribution < 1.29 is 9.59 Å². The lowest BCUT2D eigenvalue weighted by atomic mass is 10.1. The molecule has 0 bridgehead atoms. The van der Waals surface area contributed by atoms with Gasteiger partial charge in [-0.15, -0.1) is 0 Å². The van der Waals surface area contributed by atoms with Gasteiger partial charge in [0.25, 0.3) is 5.91 Å². The van der Waals surface area contributed by atoms with E-state index in [1.54, 1.807) is 19.1 Å². The molecule has 72 valence electrons. The maximum atomic E-state index is 11.4. The predicted molar refractivity (Wildman–Crippen MR) is 53.5 cm³/mol. The third kappa shape index (κ3) is 2.04. The number of nitrogens with zero attached hydrogens (tertiary/aromatic N) is 1. The normalized spacial score (nSPS) is 10.4. The molecule has 4 heteroatoms. The lowest BCUT2D eigenvalue weighted by Crippen LogP contribution is -2.15. The maximum Gasteiger partial charge on any atom is 0.277 e. The number of primary amides is 1. The number of hydrogen-bond donors (Lipinski definition) is 1. The second-order valence-electron chi connectivity index (χ2n) is 2.60. The Morgan fingerprint density at radius 1 is 1.29 bits per heavy atom. The number of carbonyl (C=O) groups excluding carboxylic acids is 2. The van der Waals surface area contributed by atoms with Gasteiger partial charge in [0, 0.05) is 6.21 Å². The second-order valence-corrected chi connectivity index (χ2v) is 2.60. The van der Waals surface area contributed by atoms with Gasteiger partial charge in [0.1, 0.15) is 0 Å². The summed E-state index contributed by atoms with van der Waals surface area (Å²) in [5.41, 5.74) is 5.54. The van der Waals surface area contributed by atoms with Crippen molar-refractivity contribution in [3.63, 3.8) is 0 Å². The Morgan fingerprint density at radius 2 is 1.86 bits per heavy atom. The number of hydrogen-bond acceptors (Lipinski definition) is 2. The summed E-state index contributed by atoms with van der Waals surface area (Å²) in [6.07, 6.45) is 1.38. The average Bonchev–Trinajstić information content (AvgIpc) is 2.18. The van der Waals surface area contributed by atoms with Gasteiger partial charge >= 0.3 is 0 Å². The second kappa shape index (κ2) is 4.32. The molecule has 14 heavy (non-hydrogen) atoms. The van der Waals surface area contributed by atoms with Crippen LogP contribution >= 0.6 is 0 Å². The van der Waals surface area contributed by atoms with Crippen LogP contribution in [0.15, 0.2) is 29.3 Å². The fourth-order valence-electron chi connectivity index (χ4n) is 1.07. The molecule has 4 nitrogen and oxygen atoms in total. The van der Waals surface area contributed by atoms with Crippen LogP contribution in [0.1, 0.15) is 27.6 Å². The number of benzene rings is 1.